The molecule has 0 aliphatic rings. The molecule has 0 unspecified atom stereocenters. The summed E-state index contributed by atoms with van der Waals surface area (Å²) in [5, 5.41) is 0. The van der Waals surface area contributed by atoms with Gasteiger partial charge in [0.2, 0.25) is 0 Å². The fourth-order valence-electron chi connectivity index (χ4n) is 4.69. The zero-order valence-corrected chi connectivity index (χ0v) is 27.2. The van der Waals surface area contributed by atoms with E-state index >= 15 is 0 Å². The van der Waals surface area contributed by atoms with Gasteiger partial charge in [-0.25, -0.2) is 0 Å². The van der Waals surface area contributed by atoms with Crippen LogP contribution in [-0.2, 0) is 16.5 Å². The van der Waals surface area contributed by atoms with E-state index in [1.165, 1.54) is 95.6 Å². The maximum atomic E-state index is 12.9. The standard InChI is InChI=1S/C32H47F3O4S.CH4S/c1-2-3-4-5-6-7-8-9-10-11-12-13-14-15-16-20-25-38-30-23-24-31(39-40(36,37)32(33,34)35)29(27-30)26-28-21-18-17-19-22-28;1-2/h17-19,21-24,27H,2-16,20,25-26H2,1H3;2H,1H3. The first-order chi connectivity index (χ1) is 20.2. The Kier molecular flexibility index (Phi) is 20.6. The van der Waals surface area contributed by atoms with Gasteiger partial charge < -0.3 is 8.92 Å². The lowest BCUT2D eigenvalue weighted by Gasteiger charge is -2.15. The highest BCUT2D eigenvalue weighted by Crippen LogP contribution is 2.32. The number of ether oxygens (including phenoxy) is 1. The second kappa shape index (κ2) is 22.6. The Labute approximate surface area is 258 Å². The molecule has 0 aromatic heterocycles. The number of rotatable bonds is 22. The van der Waals surface area contributed by atoms with Gasteiger partial charge in [-0.05, 0) is 36.4 Å². The molecule has 0 fully saturated rings. The summed E-state index contributed by atoms with van der Waals surface area (Å²) in [4.78, 5) is 0. The minimum atomic E-state index is -5.76. The van der Waals surface area contributed by atoms with E-state index < -0.39 is 15.6 Å². The Bertz CT molecular complexity index is 1050. The summed E-state index contributed by atoms with van der Waals surface area (Å²) in [5.74, 6) is 0.125. The number of thiol groups is 1. The Hall–Kier alpha value is -1.87. The number of alkyl halides is 3. The van der Waals surface area contributed by atoms with Crippen molar-refractivity contribution >= 4 is 22.7 Å². The molecule has 240 valence electrons. The van der Waals surface area contributed by atoms with Gasteiger partial charge in [-0.2, -0.15) is 34.2 Å². The zero-order valence-electron chi connectivity index (χ0n) is 25.5. The number of halogens is 3. The van der Waals surface area contributed by atoms with Crippen LogP contribution in [0.3, 0.4) is 0 Å². The molecule has 2 rings (SSSR count). The summed E-state index contributed by atoms with van der Waals surface area (Å²) in [6.07, 6.45) is 22.5. The van der Waals surface area contributed by atoms with E-state index in [1.54, 1.807) is 24.5 Å². The van der Waals surface area contributed by atoms with E-state index in [1.807, 2.05) is 18.2 Å². The number of benzene rings is 2. The van der Waals surface area contributed by atoms with Gasteiger partial charge >= 0.3 is 15.6 Å². The average molecular weight is 633 g/mol. The van der Waals surface area contributed by atoms with Crippen LogP contribution < -0.4 is 8.92 Å². The van der Waals surface area contributed by atoms with E-state index in [9.17, 15) is 21.6 Å². The molecule has 0 radical (unpaired) electrons. The summed E-state index contributed by atoms with van der Waals surface area (Å²) in [7, 11) is -5.76. The summed E-state index contributed by atoms with van der Waals surface area (Å²) in [6.45, 7) is 2.75. The minimum Gasteiger partial charge on any atom is -0.494 e. The lowest BCUT2D eigenvalue weighted by atomic mass is 10.0. The molecular weight excluding hydrogens is 581 g/mol. The summed E-state index contributed by atoms with van der Waals surface area (Å²) < 4.78 is 72.1. The van der Waals surface area contributed by atoms with Gasteiger partial charge in [0.15, 0.2) is 0 Å². The molecule has 9 heteroatoms. The van der Waals surface area contributed by atoms with E-state index in [-0.39, 0.29) is 12.2 Å². The van der Waals surface area contributed by atoms with Gasteiger partial charge in [0.1, 0.15) is 11.5 Å². The van der Waals surface area contributed by atoms with E-state index in [4.69, 9.17) is 4.74 Å². The molecule has 2 aromatic carbocycles. The molecule has 42 heavy (non-hydrogen) atoms. The number of unbranched alkanes of at least 4 members (excludes halogenated alkanes) is 15. The van der Waals surface area contributed by atoms with E-state index in [0.717, 1.165) is 24.8 Å². The van der Waals surface area contributed by atoms with Crippen molar-refractivity contribution in [2.45, 2.75) is 122 Å². The van der Waals surface area contributed by atoms with Gasteiger partial charge in [0.25, 0.3) is 0 Å². The third-order valence-corrected chi connectivity index (χ3v) is 7.98. The summed E-state index contributed by atoms with van der Waals surface area (Å²) >= 11 is 3.53. The molecule has 0 amide bonds. The first-order valence-corrected chi connectivity index (χ1v) is 17.8. The minimum absolute atomic E-state index is 0.208. The normalized spacial score (nSPS) is 11.6. The molecule has 0 aliphatic heterocycles. The predicted octanol–water partition coefficient (Wildman–Crippen LogP) is 10.7. The van der Waals surface area contributed by atoms with Crippen LogP contribution in [0.1, 0.15) is 121 Å². The summed E-state index contributed by atoms with van der Waals surface area (Å²) in [5.41, 5.74) is -4.38. The van der Waals surface area contributed by atoms with Crippen LogP contribution in [0, 0.1) is 0 Å². The molecule has 0 bridgehead atoms. The topological polar surface area (TPSA) is 52.6 Å². The van der Waals surface area contributed by atoms with Crippen LogP contribution >= 0.6 is 12.6 Å². The van der Waals surface area contributed by atoms with Crippen molar-refractivity contribution in [1.29, 1.82) is 0 Å². The fraction of sp³-hybridized carbons (Fsp3) is 0.636. The monoisotopic (exact) mass is 632 g/mol. The first kappa shape index (κ1) is 38.2. The van der Waals surface area contributed by atoms with Gasteiger partial charge in [-0.3, -0.25) is 0 Å². The van der Waals surface area contributed by atoms with Crippen LogP contribution in [0.25, 0.3) is 0 Å². The maximum Gasteiger partial charge on any atom is 0.534 e. The lowest BCUT2D eigenvalue weighted by Crippen LogP contribution is -2.28. The van der Waals surface area contributed by atoms with Crippen molar-refractivity contribution in [3.8, 4) is 11.5 Å². The van der Waals surface area contributed by atoms with Gasteiger partial charge in [0, 0.05) is 12.0 Å². The van der Waals surface area contributed by atoms with Gasteiger partial charge in [-0.15, -0.1) is 0 Å². The Morgan fingerprint density at radius 2 is 1.17 bits per heavy atom. The highest BCUT2D eigenvalue weighted by molar-refractivity contribution is 7.88. The quantitative estimate of drug-likeness (QED) is 0.0607. The molecule has 4 nitrogen and oxygen atoms in total. The number of hydrogen-bond donors (Lipinski definition) is 1. The Balaban J connectivity index is 0.00000431. The van der Waals surface area contributed by atoms with E-state index in [2.05, 4.69) is 23.7 Å². The molecular formula is C33H51F3O4S2. The van der Waals surface area contributed by atoms with Crippen LogP contribution in [-0.4, -0.2) is 26.8 Å². The van der Waals surface area contributed by atoms with Crippen molar-refractivity contribution in [2.75, 3.05) is 12.9 Å². The smallest absolute Gasteiger partial charge is 0.494 e. The predicted molar refractivity (Wildman–Crippen MR) is 171 cm³/mol. The molecule has 0 N–H and O–H groups in total. The third kappa shape index (κ3) is 16.7. The van der Waals surface area contributed by atoms with Crippen molar-refractivity contribution in [2.24, 2.45) is 0 Å². The molecule has 2 aromatic rings. The Morgan fingerprint density at radius 3 is 1.64 bits per heavy atom. The van der Waals surface area contributed by atoms with Crippen molar-refractivity contribution in [1.82, 2.24) is 0 Å². The third-order valence-electron chi connectivity index (χ3n) is 7.02. The molecule has 0 spiro atoms. The largest absolute Gasteiger partial charge is 0.534 e. The highest BCUT2D eigenvalue weighted by atomic mass is 32.2. The van der Waals surface area contributed by atoms with Gasteiger partial charge in [-0.1, -0.05) is 134 Å². The molecule has 0 atom stereocenters. The SMILES string of the molecule is CCCCCCCCCCCCCCCCCCOc1ccc(OS(=O)(=O)C(F)(F)F)c(Cc2ccccc2)c1.CS. The zero-order chi connectivity index (χ0) is 31.1. The summed E-state index contributed by atoms with van der Waals surface area (Å²) in [6, 6.07) is 13.3. The molecule has 0 saturated heterocycles. The number of hydrogen-bond acceptors (Lipinski definition) is 5. The highest BCUT2D eigenvalue weighted by Gasteiger charge is 2.48. The van der Waals surface area contributed by atoms with Crippen molar-refractivity contribution in [3.05, 3.63) is 59.7 Å². The Morgan fingerprint density at radius 1 is 0.690 bits per heavy atom. The van der Waals surface area contributed by atoms with Crippen LogP contribution in [0.5, 0.6) is 11.5 Å². The molecule has 0 saturated carbocycles. The lowest BCUT2D eigenvalue weighted by molar-refractivity contribution is -0.0500. The maximum absolute atomic E-state index is 12.9. The van der Waals surface area contributed by atoms with Crippen LogP contribution in [0.2, 0.25) is 0 Å². The van der Waals surface area contributed by atoms with Crippen molar-refractivity contribution in [3.63, 3.8) is 0 Å². The second-order valence-electron chi connectivity index (χ2n) is 10.6. The van der Waals surface area contributed by atoms with Crippen molar-refractivity contribution < 1.29 is 30.5 Å². The molecule has 0 heterocycles. The fourth-order valence-corrected chi connectivity index (χ4v) is 5.18. The van der Waals surface area contributed by atoms with Crippen LogP contribution in [0.15, 0.2) is 48.5 Å². The first-order valence-electron chi connectivity index (χ1n) is 15.5. The average Bonchev–Trinajstić information content (AvgIpc) is 2.97. The molecule has 0 aliphatic carbocycles. The van der Waals surface area contributed by atoms with Crippen LogP contribution in [0.4, 0.5) is 13.2 Å². The van der Waals surface area contributed by atoms with E-state index in [0.29, 0.717) is 17.9 Å². The second-order valence-corrected chi connectivity index (χ2v) is 12.1. The van der Waals surface area contributed by atoms with Gasteiger partial charge in [0.05, 0.1) is 6.61 Å².